The molecular formula is C16H22N2O2. The highest BCUT2D eigenvalue weighted by atomic mass is 16.5. The fraction of sp³-hybridized carbons (Fsp3) is 0.562. The molecule has 2 N–H and O–H groups in total. The number of hydrogen-bond donors (Lipinski definition) is 2. The predicted molar refractivity (Wildman–Crippen MR) is 78.8 cm³/mol. The number of fused-ring (bicyclic) bond motifs is 1. The minimum atomic E-state index is 0.0901. The van der Waals surface area contributed by atoms with Gasteiger partial charge in [0.1, 0.15) is 0 Å². The number of amides is 1. The third kappa shape index (κ3) is 2.72. The molecular weight excluding hydrogens is 252 g/mol. The van der Waals surface area contributed by atoms with E-state index in [4.69, 9.17) is 4.74 Å². The second kappa shape index (κ2) is 5.94. The Hall–Kier alpha value is -1.39. The molecule has 0 radical (unpaired) electrons. The maximum atomic E-state index is 11.5. The van der Waals surface area contributed by atoms with Gasteiger partial charge >= 0.3 is 0 Å². The van der Waals surface area contributed by atoms with Crippen molar-refractivity contribution in [3.63, 3.8) is 0 Å². The van der Waals surface area contributed by atoms with E-state index in [1.54, 1.807) is 0 Å². The van der Waals surface area contributed by atoms with E-state index in [1.807, 2.05) is 6.07 Å². The SMILES string of the molecule is CCCNC(c1ccc2c(c1)CC(=O)N2)C1CCCO1. The van der Waals surface area contributed by atoms with Gasteiger partial charge in [0.15, 0.2) is 0 Å². The highest BCUT2D eigenvalue weighted by Crippen LogP contribution is 2.31. The maximum absolute atomic E-state index is 11.5. The number of nitrogens with one attached hydrogen (secondary N) is 2. The molecule has 0 spiro atoms. The summed E-state index contributed by atoms with van der Waals surface area (Å²) in [5.74, 6) is 0.0901. The Morgan fingerprint density at radius 3 is 3.15 bits per heavy atom. The van der Waals surface area contributed by atoms with Crippen LogP contribution in [0, 0.1) is 0 Å². The molecule has 2 aliphatic heterocycles. The summed E-state index contributed by atoms with van der Waals surface area (Å²) in [6, 6.07) is 6.52. The van der Waals surface area contributed by atoms with Crippen LogP contribution in [0.1, 0.15) is 43.4 Å². The summed E-state index contributed by atoms with van der Waals surface area (Å²) in [4.78, 5) is 11.5. The first kappa shape index (κ1) is 13.6. The van der Waals surface area contributed by atoms with Crippen LogP contribution in [0.15, 0.2) is 18.2 Å². The summed E-state index contributed by atoms with van der Waals surface area (Å²) < 4.78 is 5.86. The molecule has 1 amide bonds. The Balaban J connectivity index is 1.83. The van der Waals surface area contributed by atoms with Crippen molar-refractivity contribution in [2.24, 2.45) is 0 Å². The van der Waals surface area contributed by atoms with Crippen LogP contribution in [-0.4, -0.2) is 25.2 Å². The second-order valence-corrected chi connectivity index (χ2v) is 5.62. The van der Waals surface area contributed by atoms with Crippen LogP contribution in [0.4, 0.5) is 5.69 Å². The first-order valence-corrected chi connectivity index (χ1v) is 7.55. The Labute approximate surface area is 119 Å². The summed E-state index contributed by atoms with van der Waals surface area (Å²) in [6.07, 6.45) is 4.10. The molecule has 3 rings (SSSR count). The highest BCUT2D eigenvalue weighted by molar-refractivity contribution is 5.99. The highest BCUT2D eigenvalue weighted by Gasteiger charge is 2.28. The standard InChI is InChI=1S/C16H22N2O2/c1-2-7-17-16(14-4-3-8-20-14)11-5-6-13-12(9-11)10-15(19)18-13/h5-6,9,14,16-17H,2-4,7-8,10H2,1H3,(H,18,19). The van der Waals surface area contributed by atoms with E-state index in [9.17, 15) is 4.79 Å². The lowest BCUT2D eigenvalue weighted by molar-refractivity contribution is -0.115. The van der Waals surface area contributed by atoms with Crippen molar-refractivity contribution in [2.45, 2.75) is 44.8 Å². The van der Waals surface area contributed by atoms with E-state index >= 15 is 0 Å². The van der Waals surface area contributed by atoms with Gasteiger partial charge in [-0.15, -0.1) is 0 Å². The molecule has 0 saturated carbocycles. The van der Waals surface area contributed by atoms with E-state index in [1.165, 1.54) is 5.56 Å². The molecule has 4 nitrogen and oxygen atoms in total. The average molecular weight is 274 g/mol. The molecule has 0 aromatic heterocycles. The minimum absolute atomic E-state index is 0.0901. The fourth-order valence-electron chi connectivity index (χ4n) is 3.07. The molecule has 20 heavy (non-hydrogen) atoms. The quantitative estimate of drug-likeness (QED) is 0.867. The molecule has 0 aliphatic carbocycles. The van der Waals surface area contributed by atoms with Gasteiger partial charge in [0.25, 0.3) is 0 Å². The van der Waals surface area contributed by atoms with Crippen molar-refractivity contribution in [1.82, 2.24) is 5.32 Å². The van der Waals surface area contributed by atoms with Crippen molar-refractivity contribution in [1.29, 1.82) is 0 Å². The van der Waals surface area contributed by atoms with Gasteiger partial charge in [-0.2, -0.15) is 0 Å². The van der Waals surface area contributed by atoms with Crippen molar-refractivity contribution in [3.05, 3.63) is 29.3 Å². The van der Waals surface area contributed by atoms with Gasteiger partial charge in [-0.1, -0.05) is 19.1 Å². The third-order valence-electron chi connectivity index (χ3n) is 4.06. The van der Waals surface area contributed by atoms with Crippen molar-refractivity contribution < 1.29 is 9.53 Å². The Kier molecular flexibility index (Phi) is 4.03. The van der Waals surface area contributed by atoms with Gasteiger partial charge in [0.05, 0.1) is 18.6 Å². The molecule has 2 atom stereocenters. The zero-order chi connectivity index (χ0) is 13.9. The zero-order valence-electron chi connectivity index (χ0n) is 11.9. The normalized spacial score (nSPS) is 22.6. The summed E-state index contributed by atoms with van der Waals surface area (Å²) in [5, 5.41) is 6.49. The molecule has 108 valence electrons. The lowest BCUT2D eigenvalue weighted by Crippen LogP contribution is -2.32. The smallest absolute Gasteiger partial charge is 0.228 e. The number of benzene rings is 1. The molecule has 2 heterocycles. The largest absolute Gasteiger partial charge is 0.376 e. The van der Waals surface area contributed by atoms with Crippen LogP contribution in [0.3, 0.4) is 0 Å². The van der Waals surface area contributed by atoms with Gasteiger partial charge in [-0.25, -0.2) is 0 Å². The zero-order valence-corrected chi connectivity index (χ0v) is 11.9. The van der Waals surface area contributed by atoms with E-state index in [0.29, 0.717) is 6.42 Å². The maximum Gasteiger partial charge on any atom is 0.228 e. The Morgan fingerprint density at radius 1 is 1.50 bits per heavy atom. The monoisotopic (exact) mass is 274 g/mol. The number of ether oxygens (including phenoxy) is 1. The van der Waals surface area contributed by atoms with Gasteiger partial charge in [-0.3, -0.25) is 4.79 Å². The van der Waals surface area contributed by atoms with Crippen LogP contribution in [-0.2, 0) is 16.0 Å². The number of hydrogen-bond acceptors (Lipinski definition) is 3. The molecule has 1 saturated heterocycles. The fourth-order valence-corrected chi connectivity index (χ4v) is 3.07. The topological polar surface area (TPSA) is 50.4 Å². The van der Waals surface area contributed by atoms with Crippen LogP contribution in [0.2, 0.25) is 0 Å². The molecule has 1 fully saturated rings. The minimum Gasteiger partial charge on any atom is -0.376 e. The average Bonchev–Trinajstić information content (AvgIpc) is 3.07. The summed E-state index contributed by atoms with van der Waals surface area (Å²) in [5.41, 5.74) is 3.30. The Morgan fingerprint density at radius 2 is 2.40 bits per heavy atom. The van der Waals surface area contributed by atoms with Crippen LogP contribution < -0.4 is 10.6 Å². The lowest BCUT2D eigenvalue weighted by atomic mass is 9.96. The van der Waals surface area contributed by atoms with Crippen LogP contribution in [0.25, 0.3) is 0 Å². The molecule has 1 aromatic rings. The number of carbonyl (C=O) groups is 1. The third-order valence-corrected chi connectivity index (χ3v) is 4.06. The van der Waals surface area contributed by atoms with Crippen molar-refractivity contribution in [2.75, 3.05) is 18.5 Å². The molecule has 2 aliphatic rings. The predicted octanol–water partition coefficient (Wildman–Crippen LogP) is 2.40. The molecule has 1 aromatic carbocycles. The first-order valence-electron chi connectivity index (χ1n) is 7.55. The molecule has 4 heteroatoms. The second-order valence-electron chi connectivity index (χ2n) is 5.62. The van der Waals surface area contributed by atoms with Crippen LogP contribution in [0.5, 0.6) is 0 Å². The first-order chi connectivity index (χ1) is 9.78. The number of carbonyl (C=O) groups excluding carboxylic acids is 1. The van der Waals surface area contributed by atoms with Crippen molar-refractivity contribution in [3.8, 4) is 0 Å². The summed E-state index contributed by atoms with van der Waals surface area (Å²) >= 11 is 0. The summed E-state index contributed by atoms with van der Waals surface area (Å²) in [6.45, 7) is 4.02. The molecule has 2 unspecified atom stereocenters. The summed E-state index contributed by atoms with van der Waals surface area (Å²) in [7, 11) is 0. The lowest BCUT2D eigenvalue weighted by Gasteiger charge is -2.25. The van der Waals surface area contributed by atoms with E-state index in [-0.39, 0.29) is 18.1 Å². The van der Waals surface area contributed by atoms with Gasteiger partial charge in [0.2, 0.25) is 5.91 Å². The molecule has 0 bridgehead atoms. The van der Waals surface area contributed by atoms with Gasteiger partial charge in [0, 0.05) is 12.3 Å². The van der Waals surface area contributed by atoms with Crippen LogP contribution >= 0.6 is 0 Å². The van der Waals surface area contributed by atoms with E-state index < -0.39 is 0 Å². The van der Waals surface area contributed by atoms with E-state index in [0.717, 1.165) is 43.7 Å². The Bertz CT molecular complexity index is 495. The van der Waals surface area contributed by atoms with E-state index in [2.05, 4.69) is 29.7 Å². The van der Waals surface area contributed by atoms with Crippen molar-refractivity contribution >= 4 is 11.6 Å². The number of rotatable bonds is 5. The van der Waals surface area contributed by atoms with Gasteiger partial charge < -0.3 is 15.4 Å². The number of anilines is 1. The van der Waals surface area contributed by atoms with Gasteiger partial charge in [-0.05, 0) is 43.0 Å².